The third-order valence-corrected chi connectivity index (χ3v) is 5.02. The molecule has 1 aromatic rings. The number of urea groups is 1. The molecule has 1 saturated heterocycles. The molecule has 2 N–H and O–H groups in total. The fraction of sp³-hybridized carbons (Fsp3) is 0.455. The molecule has 0 spiro atoms. The molecular formula is C11H14N2O4S2. The zero-order valence-corrected chi connectivity index (χ0v) is 11.7. The van der Waals surface area contributed by atoms with Gasteiger partial charge in [0.25, 0.3) is 0 Å². The summed E-state index contributed by atoms with van der Waals surface area (Å²) in [6.45, 7) is 0.796. The first-order valence-corrected chi connectivity index (χ1v) is 8.11. The van der Waals surface area contributed by atoms with Crippen molar-refractivity contribution in [3.8, 4) is 0 Å². The number of rotatable bonds is 3. The molecular weight excluding hydrogens is 288 g/mol. The smallest absolute Gasteiger partial charge is 0.331 e. The van der Waals surface area contributed by atoms with Crippen LogP contribution in [0.1, 0.15) is 10.9 Å². The van der Waals surface area contributed by atoms with Crippen molar-refractivity contribution in [2.75, 3.05) is 24.6 Å². The van der Waals surface area contributed by atoms with Gasteiger partial charge in [0.1, 0.15) is 0 Å². The molecule has 1 aliphatic heterocycles. The third kappa shape index (κ3) is 3.54. The second-order valence-electron chi connectivity index (χ2n) is 4.07. The van der Waals surface area contributed by atoms with E-state index in [0.29, 0.717) is 29.5 Å². The zero-order valence-electron chi connectivity index (χ0n) is 10.1. The first-order chi connectivity index (χ1) is 9.08. The highest BCUT2D eigenvalue weighted by Crippen LogP contribution is 2.19. The average Bonchev–Trinajstić information content (AvgIpc) is 2.89. The summed E-state index contributed by atoms with van der Waals surface area (Å²) in [6, 6.07) is 1.97. The Morgan fingerprint density at radius 2 is 2.11 bits per heavy atom. The van der Waals surface area contributed by atoms with Crippen molar-refractivity contribution in [3.63, 3.8) is 0 Å². The molecule has 1 atom stereocenters. The highest BCUT2D eigenvalue weighted by atomic mass is 32.2. The van der Waals surface area contributed by atoms with E-state index in [1.165, 1.54) is 16.2 Å². The minimum absolute atomic E-state index is 0.398. The first-order valence-electron chi connectivity index (χ1n) is 5.74. The van der Waals surface area contributed by atoms with Crippen molar-refractivity contribution in [2.24, 2.45) is 0 Å². The molecule has 0 bridgehead atoms. The molecule has 2 rings (SSSR count). The second-order valence-corrected chi connectivity index (χ2v) is 6.75. The van der Waals surface area contributed by atoms with Crippen LogP contribution in [0.25, 0.3) is 0 Å². The van der Waals surface area contributed by atoms with Gasteiger partial charge in [-0.3, -0.25) is 4.21 Å². The molecule has 8 heteroatoms. The van der Waals surface area contributed by atoms with E-state index in [1.807, 2.05) is 0 Å². The van der Waals surface area contributed by atoms with Crippen molar-refractivity contribution in [2.45, 2.75) is 6.04 Å². The normalized spacial score (nSPS) is 18.0. The lowest BCUT2D eigenvalue weighted by molar-refractivity contribution is -0.139. The van der Waals surface area contributed by atoms with E-state index in [2.05, 4.69) is 5.32 Å². The van der Waals surface area contributed by atoms with Gasteiger partial charge >= 0.3 is 12.0 Å². The number of carboxylic acids is 1. The monoisotopic (exact) mass is 302 g/mol. The maximum Gasteiger partial charge on any atom is 0.331 e. The minimum Gasteiger partial charge on any atom is -0.479 e. The lowest BCUT2D eigenvalue weighted by atomic mass is 10.2. The van der Waals surface area contributed by atoms with Gasteiger partial charge in [-0.25, -0.2) is 9.59 Å². The standard InChI is InChI=1S/C11H14N2O4S2/c14-10(15)9(8-2-1-5-18-8)12-11(16)13-3-6-19(17)7-4-13/h1-2,5,9H,3-4,6-7H2,(H,12,16)(H,14,15). The number of hydrogen-bond acceptors (Lipinski definition) is 4. The van der Waals surface area contributed by atoms with E-state index in [-0.39, 0.29) is 0 Å². The van der Waals surface area contributed by atoms with Crippen LogP contribution in [0.3, 0.4) is 0 Å². The van der Waals surface area contributed by atoms with E-state index >= 15 is 0 Å². The van der Waals surface area contributed by atoms with E-state index in [0.717, 1.165) is 0 Å². The summed E-state index contributed by atoms with van der Waals surface area (Å²) in [5, 5.41) is 13.4. The maximum atomic E-state index is 12.0. The maximum absolute atomic E-state index is 12.0. The lowest BCUT2D eigenvalue weighted by Gasteiger charge is -2.27. The predicted octanol–water partition coefficient (Wildman–Crippen LogP) is 0.648. The summed E-state index contributed by atoms with van der Waals surface area (Å²) in [7, 11) is -0.864. The van der Waals surface area contributed by atoms with Crippen LogP contribution in [0.4, 0.5) is 4.79 Å². The summed E-state index contributed by atoms with van der Waals surface area (Å²) in [5.41, 5.74) is 0. The molecule has 0 aliphatic carbocycles. The van der Waals surface area contributed by atoms with Crippen LogP contribution in [0, 0.1) is 0 Å². The summed E-state index contributed by atoms with van der Waals surface area (Å²) in [5.74, 6) is -0.190. The van der Waals surface area contributed by atoms with E-state index in [1.54, 1.807) is 17.5 Å². The number of carboxylic acid groups (broad SMARTS) is 1. The molecule has 1 fully saturated rings. The number of aliphatic carboxylic acids is 1. The molecule has 19 heavy (non-hydrogen) atoms. The molecule has 104 valence electrons. The Kier molecular flexibility index (Phi) is 4.54. The van der Waals surface area contributed by atoms with Crippen LogP contribution in [0.15, 0.2) is 17.5 Å². The Morgan fingerprint density at radius 1 is 1.42 bits per heavy atom. The average molecular weight is 302 g/mol. The number of nitrogens with zero attached hydrogens (tertiary/aromatic N) is 1. The third-order valence-electron chi connectivity index (χ3n) is 2.81. The van der Waals surface area contributed by atoms with Gasteiger partial charge < -0.3 is 15.3 Å². The number of thiophene rings is 1. The number of carbonyl (C=O) groups excluding carboxylic acids is 1. The fourth-order valence-corrected chi connectivity index (χ4v) is 3.59. The molecule has 2 heterocycles. The van der Waals surface area contributed by atoms with E-state index in [9.17, 15) is 13.8 Å². The van der Waals surface area contributed by atoms with Gasteiger partial charge in [-0.1, -0.05) is 6.07 Å². The van der Waals surface area contributed by atoms with E-state index < -0.39 is 28.8 Å². The van der Waals surface area contributed by atoms with Crippen LogP contribution in [0.5, 0.6) is 0 Å². The molecule has 2 amide bonds. The van der Waals surface area contributed by atoms with E-state index in [4.69, 9.17) is 5.11 Å². The fourth-order valence-electron chi connectivity index (χ4n) is 1.77. The largest absolute Gasteiger partial charge is 0.479 e. The van der Waals surface area contributed by atoms with Gasteiger partial charge in [-0.2, -0.15) is 0 Å². The highest BCUT2D eigenvalue weighted by Gasteiger charge is 2.27. The van der Waals surface area contributed by atoms with Gasteiger partial charge in [0, 0.05) is 40.3 Å². The van der Waals surface area contributed by atoms with Crippen LogP contribution in [-0.4, -0.2) is 50.8 Å². The van der Waals surface area contributed by atoms with Gasteiger partial charge in [0.15, 0.2) is 6.04 Å². The Labute approximate surface area is 116 Å². The van der Waals surface area contributed by atoms with Crippen molar-refractivity contribution < 1.29 is 18.9 Å². The molecule has 0 saturated carbocycles. The minimum atomic E-state index is -1.09. The Balaban J connectivity index is 2.00. The summed E-state index contributed by atoms with van der Waals surface area (Å²) in [6.07, 6.45) is 0. The lowest BCUT2D eigenvalue weighted by Crippen LogP contribution is -2.48. The quantitative estimate of drug-likeness (QED) is 0.858. The number of hydrogen-bond donors (Lipinski definition) is 2. The number of amides is 2. The van der Waals surface area contributed by atoms with Crippen LogP contribution in [-0.2, 0) is 15.6 Å². The molecule has 1 aromatic heterocycles. The second kappa shape index (κ2) is 6.16. The van der Waals surface area contributed by atoms with Crippen molar-refractivity contribution in [1.82, 2.24) is 10.2 Å². The molecule has 1 unspecified atom stereocenters. The molecule has 6 nitrogen and oxygen atoms in total. The van der Waals surface area contributed by atoms with Crippen LogP contribution >= 0.6 is 11.3 Å². The van der Waals surface area contributed by atoms with Crippen molar-refractivity contribution in [3.05, 3.63) is 22.4 Å². The predicted molar refractivity (Wildman–Crippen MR) is 72.7 cm³/mol. The Bertz CT molecular complexity index is 479. The summed E-state index contributed by atoms with van der Waals surface area (Å²) >= 11 is 1.29. The Hall–Kier alpha value is -1.41. The topological polar surface area (TPSA) is 86.7 Å². The number of carbonyl (C=O) groups is 2. The van der Waals surface area contributed by atoms with Gasteiger partial charge in [-0.15, -0.1) is 11.3 Å². The van der Waals surface area contributed by atoms with Crippen LogP contribution < -0.4 is 5.32 Å². The highest BCUT2D eigenvalue weighted by molar-refractivity contribution is 7.85. The SMILES string of the molecule is O=C(O)C(NC(=O)N1CCS(=O)CC1)c1cccs1. The van der Waals surface area contributed by atoms with Gasteiger partial charge in [0.2, 0.25) is 0 Å². The van der Waals surface area contributed by atoms with Crippen LogP contribution in [0.2, 0.25) is 0 Å². The number of nitrogens with one attached hydrogen (secondary N) is 1. The first kappa shape index (κ1) is 14.0. The summed E-state index contributed by atoms with van der Waals surface area (Å²) in [4.78, 5) is 25.3. The molecule has 0 aromatic carbocycles. The molecule has 1 aliphatic rings. The summed E-state index contributed by atoms with van der Waals surface area (Å²) < 4.78 is 11.2. The van der Waals surface area contributed by atoms with Crippen molar-refractivity contribution >= 4 is 34.1 Å². The zero-order chi connectivity index (χ0) is 13.8. The van der Waals surface area contributed by atoms with Crippen molar-refractivity contribution in [1.29, 1.82) is 0 Å². The van der Waals surface area contributed by atoms with Gasteiger partial charge in [-0.05, 0) is 11.4 Å². The van der Waals surface area contributed by atoms with Gasteiger partial charge in [0.05, 0.1) is 0 Å². The molecule has 0 radical (unpaired) electrons. The Morgan fingerprint density at radius 3 is 2.63 bits per heavy atom.